The fourth-order valence-electron chi connectivity index (χ4n) is 14.8. The van der Waals surface area contributed by atoms with Crippen molar-refractivity contribution in [2.45, 2.75) is 255 Å². The van der Waals surface area contributed by atoms with Crippen LogP contribution in [0.2, 0.25) is 0 Å². The van der Waals surface area contributed by atoms with Crippen molar-refractivity contribution in [1.82, 2.24) is 26.6 Å². The molecule has 6 heterocycles. The van der Waals surface area contributed by atoms with Crippen LogP contribution < -0.4 is 26.6 Å². The monoisotopic (exact) mass is 1640 g/mol. The van der Waals surface area contributed by atoms with Crippen molar-refractivity contribution in [2.24, 2.45) is 0 Å². The topological polar surface area (TPSA) is 701 Å². The molecule has 640 valence electrons. The van der Waals surface area contributed by atoms with Crippen LogP contribution in [0.25, 0.3) is 11.1 Å². The Labute approximate surface area is 647 Å². The second kappa shape index (κ2) is 39.1. The largest absolute Gasteiger partial charge is 0.480 e. The van der Waals surface area contributed by atoms with Crippen LogP contribution in [0, 0.1) is 0 Å². The second-order valence-electron chi connectivity index (χ2n) is 28.5. The lowest BCUT2D eigenvalue weighted by atomic mass is 9.87. The summed E-state index contributed by atoms with van der Waals surface area (Å²) < 4.78 is 77.4. The van der Waals surface area contributed by atoms with Gasteiger partial charge in [-0.15, -0.1) is 0 Å². The fraction of sp³-hybridized carbons (Fsp3) is 0.710. The highest BCUT2D eigenvalue weighted by Gasteiger charge is 2.63. The summed E-state index contributed by atoms with van der Waals surface area (Å²) in [5, 5.41) is 223. The van der Waals surface area contributed by atoms with E-state index in [0.717, 1.165) is 56.9 Å². The highest BCUT2D eigenvalue weighted by molar-refractivity contribution is 5.84. The number of nitrogens with one attached hydrogen (secondary N) is 5. The molecule has 0 aromatic heterocycles. The number of carbonyl (C=O) groups is 8. The number of aliphatic hydroxyl groups is 17. The molecule has 0 spiro atoms. The van der Waals surface area contributed by atoms with Crippen LogP contribution in [0.1, 0.15) is 64.5 Å². The van der Waals surface area contributed by atoms with Gasteiger partial charge in [0, 0.05) is 53.4 Å². The van der Waals surface area contributed by atoms with Crippen LogP contribution in [0.4, 0.5) is 4.79 Å². The summed E-state index contributed by atoms with van der Waals surface area (Å²) in [5.41, 5.74) is 3.34. The Morgan fingerprint density at radius 2 is 0.868 bits per heavy atom. The molecule has 114 heavy (non-hydrogen) atoms. The van der Waals surface area contributed by atoms with Crippen molar-refractivity contribution < 1.29 is 197 Å². The number of carbonyl (C=O) groups excluding carboxylic acids is 6. The number of rotatable bonds is 33. The molecule has 6 aliphatic heterocycles. The molecule has 0 radical (unpaired) electrons. The molecule has 33 atom stereocenters. The predicted octanol–water partition coefficient (Wildman–Crippen LogP) is -11.6. The third kappa shape index (κ3) is 20.1. The molecular formula is C69H99N5O40. The standard InChI is InChI=1S/C69H99N5O40/c1-24(80)68(14-35(85)43(70-25(2)81)57(111-68)47(89)37(87)16-75)113-59-49(91)39(18-77)106-65(53(59)95)110-56-42(108-62(46(52(56)94)73-28(5)84)102-22-34(61(97)98)74-67(101)104-21-33-31-12-8-6-10-29(31)30-11-7-9-13-32(30)33)23-103-63-45(72-27(4)83)51(93)55(41(20-79)107-63)109-64-54(96)60(50(92)40(19-78)105-64)114-69(66(99)100)15-36(86)44(71-26(3)82)58(112-69)48(90)38(88)17-76/h6-13,33-60,62-65,75-79,85-96H,14-23H2,1-5H3,(H,70,81)(H,71,82)(H,72,83)(H,73,84)(H,74,101)(H,97,98)(H,99,100)/t34?,35-,36-,37?,38?,39+,40+,41+,42+,43+,44+,45+,46+,47?,48?,49-,50-,51+,52+,53+,54+,55+,56?,57-,58+,59?,60-,62+,63?,64?,65-,68-,69-/m0/s1. The Morgan fingerprint density at radius 1 is 0.474 bits per heavy atom. The SMILES string of the molecule is CC(=O)N[C@@H]1[C@@H](O)C[C@](O[C@H]2[C@@H](O)[C@@H](CO)OC(O[C@H]3[C@H](O)[C@@H](NC(C)=O)C(OC[C@H]4O[C@@H](OCC(NC(=O)OCC5c6ccccc6-c6ccccc65)C(=O)O)[C@H](NC(C)=O)[C@@H](O)C4O[C@@H]4O[C@H](CO)[C@H](O)C(O[C@]5(C(C)=O)C[C@H](O)[C@@H](NC(C)=O)[C@@H](C(O)C(O)CO)O5)[C@H]4O)O[C@@H]3CO)[C@@H]2O)(C(=O)O)O[C@H]1C(O)C(O)CO. The molecule has 0 bridgehead atoms. The first kappa shape index (κ1) is 90.9. The van der Waals surface area contributed by atoms with Gasteiger partial charge in [0.1, 0.15) is 141 Å². The van der Waals surface area contributed by atoms with Gasteiger partial charge in [-0.05, 0) is 22.3 Å². The zero-order valence-corrected chi connectivity index (χ0v) is 61.7. The van der Waals surface area contributed by atoms with Gasteiger partial charge in [0.2, 0.25) is 29.4 Å². The third-order valence-corrected chi connectivity index (χ3v) is 20.5. The van der Waals surface area contributed by atoms with E-state index in [2.05, 4.69) is 26.6 Å². The smallest absolute Gasteiger partial charge is 0.407 e. The number of aliphatic carboxylic acids is 2. The van der Waals surface area contributed by atoms with Crippen LogP contribution in [0.5, 0.6) is 0 Å². The zero-order chi connectivity index (χ0) is 83.9. The van der Waals surface area contributed by atoms with E-state index in [-0.39, 0.29) is 6.61 Å². The molecule has 1 aliphatic carbocycles. The van der Waals surface area contributed by atoms with Crippen LogP contribution in [-0.2, 0) is 95.1 Å². The van der Waals surface area contributed by atoms with E-state index in [4.69, 9.17) is 61.6 Å². The molecule has 6 saturated heterocycles. The van der Waals surface area contributed by atoms with E-state index in [0.29, 0.717) is 0 Å². The maximum Gasteiger partial charge on any atom is 0.407 e. The van der Waals surface area contributed by atoms with Gasteiger partial charge in [-0.25, -0.2) is 14.4 Å². The number of hydrogen-bond acceptors (Lipinski definition) is 38. The van der Waals surface area contributed by atoms with Gasteiger partial charge >= 0.3 is 18.0 Å². The van der Waals surface area contributed by atoms with Gasteiger partial charge in [-0.2, -0.15) is 0 Å². The average molecular weight is 1640 g/mol. The van der Waals surface area contributed by atoms with Crippen molar-refractivity contribution in [2.75, 3.05) is 52.9 Å². The summed E-state index contributed by atoms with van der Waals surface area (Å²) in [5.74, 6) is -15.3. The minimum Gasteiger partial charge on any atom is -0.480 e. The quantitative estimate of drug-likeness (QED) is 0.0315. The zero-order valence-electron chi connectivity index (χ0n) is 61.7. The normalized spacial score (nSPS) is 37.6. The summed E-state index contributed by atoms with van der Waals surface area (Å²) >= 11 is 0. The number of alkyl carbamates (subject to hydrolysis) is 1. The number of carboxylic acids is 2. The number of carboxylic acid groups (broad SMARTS) is 2. The maximum atomic E-state index is 13.9. The van der Waals surface area contributed by atoms with Crippen molar-refractivity contribution in [3.8, 4) is 11.1 Å². The second-order valence-corrected chi connectivity index (χ2v) is 28.5. The molecule has 24 N–H and O–H groups in total. The van der Waals surface area contributed by atoms with Crippen LogP contribution in [0.15, 0.2) is 48.5 Å². The lowest BCUT2D eigenvalue weighted by Gasteiger charge is -2.51. The van der Waals surface area contributed by atoms with E-state index in [1.807, 2.05) is 36.4 Å². The van der Waals surface area contributed by atoms with Gasteiger partial charge < -0.3 is 185 Å². The van der Waals surface area contributed by atoms with Crippen molar-refractivity contribution in [1.29, 1.82) is 0 Å². The molecule has 45 nitrogen and oxygen atoms in total. The van der Waals surface area contributed by atoms with E-state index < -0.39 is 314 Å². The summed E-state index contributed by atoms with van der Waals surface area (Å²) in [6.45, 7) is -3.78. The number of amides is 5. The van der Waals surface area contributed by atoms with Gasteiger partial charge in [0.25, 0.3) is 5.79 Å². The number of aliphatic hydroxyl groups excluding tert-OH is 17. The summed E-state index contributed by atoms with van der Waals surface area (Å²) in [4.78, 5) is 105. The predicted molar refractivity (Wildman–Crippen MR) is 366 cm³/mol. The maximum absolute atomic E-state index is 13.9. The van der Waals surface area contributed by atoms with Crippen LogP contribution >= 0.6 is 0 Å². The van der Waals surface area contributed by atoms with Crippen LogP contribution in [0.3, 0.4) is 0 Å². The molecule has 5 amide bonds. The molecule has 9 rings (SSSR count). The van der Waals surface area contributed by atoms with Crippen molar-refractivity contribution in [3.63, 3.8) is 0 Å². The van der Waals surface area contributed by atoms with Crippen molar-refractivity contribution in [3.05, 3.63) is 59.7 Å². The van der Waals surface area contributed by atoms with E-state index in [1.54, 1.807) is 12.1 Å². The first-order chi connectivity index (χ1) is 53.9. The number of hydrogen-bond donors (Lipinski definition) is 24. The summed E-state index contributed by atoms with van der Waals surface area (Å²) in [6.07, 6.45) is -60.3. The average Bonchev–Trinajstić information content (AvgIpc) is 1.28. The minimum atomic E-state index is -3.28. The number of Topliss-reactive ketones (excluding diaryl/α,β-unsaturated/α-hetero) is 1. The molecule has 2 aromatic rings. The summed E-state index contributed by atoms with van der Waals surface area (Å²) in [6, 6.07) is 5.28. The molecule has 2 aromatic carbocycles. The number of ketones is 1. The van der Waals surface area contributed by atoms with Crippen LogP contribution in [-0.4, -0.2) is 399 Å². The Bertz CT molecular complexity index is 3590. The fourth-order valence-corrected chi connectivity index (χ4v) is 14.8. The van der Waals surface area contributed by atoms with E-state index >= 15 is 0 Å². The Kier molecular flexibility index (Phi) is 31.2. The highest BCUT2D eigenvalue weighted by atomic mass is 16.8. The highest BCUT2D eigenvalue weighted by Crippen LogP contribution is 2.46. The van der Waals surface area contributed by atoms with Crippen molar-refractivity contribution >= 4 is 47.4 Å². The third-order valence-electron chi connectivity index (χ3n) is 20.5. The molecule has 45 heteroatoms. The molecule has 6 fully saturated rings. The number of fused-ring (bicyclic) bond motifs is 3. The lowest BCUT2D eigenvalue weighted by molar-refractivity contribution is -0.386. The van der Waals surface area contributed by atoms with E-state index in [9.17, 15) is 135 Å². The molecule has 7 aliphatic rings. The van der Waals surface area contributed by atoms with Gasteiger partial charge in [-0.3, -0.25) is 24.0 Å². The number of benzene rings is 2. The Morgan fingerprint density at radius 3 is 1.29 bits per heavy atom. The van der Waals surface area contributed by atoms with E-state index in [1.165, 1.54) is 0 Å². The minimum absolute atomic E-state index is 0.291. The first-order valence-corrected chi connectivity index (χ1v) is 36.1. The van der Waals surface area contributed by atoms with Gasteiger partial charge in [0.05, 0.1) is 70.5 Å². The first-order valence-electron chi connectivity index (χ1n) is 36.1. The molecule has 9 unspecified atom stereocenters. The van der Waals surface area contributed by atoms with Gasteiger partial charge in [-0.1, -0.05) is 48.5 Å². The molecule has 0 saturated carbocycles. The lowest BCUT2D eigenvalue weighted by Crippen LogP contribution is -2.71. The van der Waals surface area contributed by atoms with Gasteiger partial charge in [0.15, 0.2) is 37.0 Å². The number of ether oxygens (including phenoxy) is 13. The Hall–Kier alpha value is -6.96. The molecular weight excluding hydrogens is 1540 g/mol. The summed E-state index contributed by atoms with van der Waals surface area (Å²) in [7, 11) is 0. The Balaban J connectivity index is 1.01.